The van der Waals surface area contributed by atoms with Crippen molar-refractivity contribution < 1.29 is 0 Å². The van der Waals surface area contributed by atoms with Crippen molar-refractivity contribution in [2.75, 3.05) is 6.54 Å². The van der Waals surface area contributed by atoms with E-state index in [1.165, 1.54) is 5.56 Å². The van der Waals surface area contributed by atoms with Gasteiger partial charge in [-0.05, 0) is 43.5 Å². The van der Waals surface area contributed by atoms with Crippen molar-refractivity contribution in [2.24, 2.45) is 0 Å². The molecule has 1 unspecified atom stereocenters. The van der Waals surface area contributed by atoms with Gasteiger partial charge in [-0.25, -0.2) is 0 Å². The molecule has 1 aromatic rings. The van der Waals surface area contributed by atoms with Crippen molar-refractivity contribution in [3.8, 4) is 12.3 Å². The van der Waals surface area contributed by atoms with Crippen LogP contribution < -0.4 is 5.32 Å². The second kappa shape index (κ2) is 7.90. The maximum absolute atomic E-state index is 5.37. The van der Waals surface area contributed by atoms with E-state index >= 15 is 0 Å². The van der Waals surface area contributed by atoms with Crippen LogP contribution in [0.15, 0.2) is 24.5 Å². The number of hydrogen-bond donors (Lipinski definition) is 1. The predicted molar refractivity (Wildman–Crippen MR) is 68.1 cm³/mol. The summed E-state index contributed by atoms with van der Waals surface area (Å²) in [6.07, 6.45) is 13.2. The summed E-state index contributed by atoms with van der Waals surface area (Å²) < 4.78 is 0. The van der Waals surface area contributed by atoms with Crippen LogP contribution in [0.3, 0.4) is 0 Å². The maximum atomic E-state index is 5.37. The predicted octanol–water partition coefficient (Wildman–Crippen LogP) is 2.41. The van der Waals surface area contributed by atoms with Gasteiger partial charge < -0.3 is 5.32 Å². The Bertz CT molecular complexity index is 313. The van der Waals surface area contributed by atoms with E-state index in [2.05, 4.69) is 35.3 Å². The Hall–Kier alpha value is -1.33. The molecule has 0 fully saturated rings. The van der Waals surface area contributed by atoms with E-state index in [0.717, 1.165) is 32.2 Å². The highest BCUT2D eigenvalue weighted by Crippen LogP contribution is 2.06. The lowest BCUT2D eigenvalue weighted by Crippen LogP contribution is -2.29. The highest BCUT2D eigenvalue weighted by atomic mass is 14.9. The molecule has 0 aliphatic heterocycles. The summed E-state index contributed by atoms with van der Waals surface area (Å²) in [6, 6.07) is 4.57. The average molecular weight is 216 g/mol. The average Bonchev–Trinajstić information content (AvgIpc) is 2.34. The fourth-order valence-corrected chi connectivity index (χ4v) is 1.66. The second-order valence-electron chi connectivity index (χ2n) is 3.95. The lowest BCUT2D eigenvalue weighted by Gasteiger charge is -2.15. The van der Waals surface area contributed by atoms with E-state index in [4.69, 9.17) is 6.42 Å². The third kappa shape index (κ3) is 4.95. The Kier molecular flexibility index (Phi) is 6.29. The Balaban J connectivity index is 2.35. The summed E-state index contributed by atoms with van der Waals surface area (Å²) in [5, 5.41) is 3.48. The van der Waals surface area contributed by atoms with Gasteiger partial charge in [0.05, 0.1) is 0 Å². The number of aryl methyl sites for hydroxylation is 1. The normalized spacial score (nSPS) is 12.0. The molecule has 0 radical (unpaired) electrons. The first-order valence-electron chi connectivity index (χ1n) is 5.92. The molecule has 1 atom stereocenters. The molecule has 0 aromatic carbocycles. The summed E-state index contributed by atoms with van der Waals surface area (Å²) in [5.74, 6) is 2.74. The van der Waals surface area contributed by atoms with Gasteiger partial charge in [0.1, 0.15) is 0 Å². The number of pyridine rings is 1. The summed E-state index contributed by atoms with van der Waals surface area (Å²) in [4.78, 5) is 4.01. The first kappa shape index (κ1) is 12.7. The number of terminal acetylenes is 1. The lowest BCUT2D eigenvalue weighted by molar-refractivity contribution is 0.489. The van der Waals surface area contributed by atoms with Crippen molar-refractivity contribution in [3.63, 3.8) is 0 Å². The van der Waals surface area contributed by atoms with Gasteiger partial charge in [-0.2, -0.15) is 0 Å². The molecular formula is C14H20N2. The van der Waals surface area contributed by atoms with Crippen molar-refractivity contribution in [2.45, 2.75) is 38.6 Å². The molecule has 0 aliphatic carbocycles. The van der Waals surface area contributed by atoms with Crippen LogP contribution in [-0.4, -0.2) is 17.6 Å². The third-order valence-corrected chi connectivity index (χ3v) is 2.58. The Morgan fingerprint density at radius 3 is 2.81 bits per heavy atom. The summed E-state index contributed by atoms with van der Waals surface area (Å²) in [5.41, 5.74) is 1.33. The monoisotopic (exact) mass is 216 g/mol. The van der Waals surface area contributed by atoms with Gasteiger partial charge in [0, 0.05) is 24.9 Å². The van der Waals surface area contributed by atoms with Gasteiger partial charge in [0.2, 0.25) is 0 Å². The Morgan fingerprint density at radius 1 is 1.44 bits per heavy atom. The SMILES string of the molecule is C#CCC(CCc1ccncc1)NCCC. The van der Waals surface area contributed by atoms with Crippen LogP contribution in [0.2, 0.25) is 0 Å². The van der Waals surface area contributed by atoms with Crippen molar-refractivity contribution in [1.29, 1.82) is 0 Å². The molecule has 0 bridgehead atoms. The molecule has 0 saturated heterocycles. The van der Waals surface area contributed by atoms with Gasteiger partial charge in [-0.3, -0.25) is 4.98 Å². The lowest BCUT2D eigenvalue weighted by atomic mass is 10.0. The molecule has 16 heavy (non-hydrogen) atoms. The van der Waals surface area contributed by atoms with Crippen LogP contribution in [0.1, 0.15) is 31.7 Å². The number of nitrogens with one attached hydrogen (secondary N) is 1. The van der Waals surface area contributed by atoms with Gasteiger partial charge in [-0.15, -0.1) is 12.3 Å². The van der Waals surface area contributed by atoms with E-state index in [9.17, 15) is 0 Å². The number of aromatic nitrogens is 1. The highest BCUT2D eigenvalue weighted by Gasteiger charge is 2.05. The van der Waals surface area contributed by atoms with E-state index in [-0.39, 0.29) is 0 Å². The topological polar surface area (TPSA) is 24.9 Å². The van der Waals surface area contributed by atoms with Crippen LogP contribution in [0.4, 0.5) is 0 Å². The maximum Gasteiger partial charge on any atom is 0.0270 e. The molecule has 0 saturated carbocycles. The first-order chi connectivity index (χ1) is 7.86. The van der Waals surface area contributed by atoms with Crippen molar-refractivity contribution >= 4 is 0 Å². The minimum Gasteiger partial charge on any atom is -0.313 e. The molecule has 0 amide bonds. The molecule has 0 spiro atoms. The van der Waals surface area contributed by atoms with E-state index in [0.29, 0.717) is 6.04 Å². The Morgan fingerprint density at radius 2 is 2.19 bits per heavy atom. The number of nitrogens with zero attached hydrogens (tertiary/aromatic N) is 1. The van der Waals surface area contributed by atoms with Gasteiger partial charge in [0.25, 0.3) is 0 Å². The highest BCUT2D eigenvalue weighted by molar-refractivity contribution is 5.10. The zero-order valence-corrected chi connectivity index (χ0v) is 9.95. The molecule has 1 rings (SSSR count). The molecular weight excluding hydrogens is 196 g/mol. The van der Waals surface area contributed by atoms with Crippen LogP contribution in [0.5, 0.6) is 0 Å². The van der Waals surface area contributed by atoms with E-state index in [1.54, 1.807) is 0 Å². The van der Waals surface area contributed by atoms with Gasteiger partial charge >= 0.3 is 0 Å². The molecule has 1 heterocycles. The summed E-state index contributed by atoms with van der Waals surface area (Å²) >= 11 is 0. The smallest absolute Gasteiger partial charge is 0.0270 e. The molecule has 1 N–H and O–H groups in total. The molecule has 1 aromatic heterocycles. The number of hydrogen-bond acceptors (Lipinski definition) is 2. The minimum absolute atomic E-state index is 0.443. The van der Waals surface area contributed by atoms with Gasteiger partial charge in [0.15, 0.2) is 0 Å². The zero-order chi connectivity index (χ0) is 11.6. The molecule has 2 heteroatoms. The van der Waals surface area contributed by atoms with Crippen molar-refractivity contribution in [1.82, 2.24) is 10.3 Å². The van der Waals surface area contributed by atoms with Crippen molar-refractivity contribution in [3.05, 3.63) is 30.1 Å². The quantitative estimate of drug-likeness (QED) is 0.708. The van der Waals surface area contributed by atoms with Crippen LogP contribution >= 0.6 is 0 Å². The van der Waals surface area contributed by atoms with E-state index in [1.807, 2.05) is 12.4 Å². The Labute approximate surface area is 98.5 Å². The second-order valence-corrected chi connectivity index (χ2v) is 3.95. The zero-order valence-electron chi connectivity index (χ0n) is 9.95. The van der Waals surface area contributed by atoms with Crippen LogP contribution in [0.25, 0.3) is 0 Å². The molecule has 86 valence electrons. The fraction of sp³-hybridized carbons (Fsp3) is 0.500. The minimum atomic E-state index is 0.443. The molecule has 0 aliphatic rings. The molecule has 2 nitrogen and oxygen atoms in total. The summed E-state index contributed by atoms with van der Waals surface area (Å²) in [7, 11) is 0. The van der Waals surface area contributed by atoms with E-state index < -0.39 is 0 Å². The largest absolute Gasteiger partial charge is 0.313 e. The fourth-order valence-electron chi connectivity index (χ4n) is 1.66. The standard InChI is InChI=1S/C14H20N2/c1-3-5-14(16-10-4-2)7-6-13-8-11-15-12-9-13/h1,8-9,11-12,14,16H,4-7,10H2,2H3. The van der Waals surface area contributed by atoms with Crippen LogP contribution in [-0.2, 0) is 6.42 Å². The van der Waals surface area contributed by atoms with Crippen LogP contribution in [0, 0.1) is 12.3 Å². The number of rotatable bonds is 7. The third-order valence-electron chi connectivity index (χ3n) is 2.58. The van der Waals surface area contributed by atoms with Gasteiger partial charge in [-0.1, -0.05) is 6.92 Å². The summed E-state index contributed by atoms with van der Waals surface area (Å²) in [6.45, 7) is 3.21. The first-order valence-corrected chi connectivity index (χ1v) is 5.92.